The molecule has 3 atom stereocenters. The summed E-state index contributed by atoms with van der Waals surface area (Å²) in [5, 5.41) is 10.8. The third kappa shape index (κ3) is 4.37. The maximum atomic E-state index is 13.9. The first-order valence-corrected chi connectivity index (χ1v) is 14.4. The van der Waals surface area contributed by atoms with Gasteiger partial charge in [0.25, 0.3) is 5.69 Å². The number of likely N-dealkylation sites (tertiary alicyclic amines) is 1. The van der Waals surface area contributed by atoms with Gasteiger partial charge >= 0.3 is 4.87 Å². The molecule has 39 heavy (non-hydrogen) atoms. The molecule has 200 valence electrons. The molecule has 2 unspecified atom stereocenters. The molecule has 2 fully saturated rings. The van der Waals surface area contributed by atoms with Crippen molar-refractivity contribution in [1.82, 2.24) is 9.47 Å². The van der Waals surface area contributed by atoms with Crippen molar-refractivity contribution in [1.29, 1.82) is 0 Å². The Balaban J connectivity index is 1.40. The van der Waals surface area contributed by atoms with Gasteiger partial charge in [-0.1, -0.05) is 53.4 Å². The van der Waals surface area contributed by atoms with E-state index in [4.69, 9.17) is 0 Å². The highest BCUT2D eigenvalue weighted by Crippen LogP contribution is 2.53. The van der Waals surface area contributed by atoms with Crippen LogP contribution in [-0.4, -0.2) is 50.5 Å². The summed E-state index contributed by atoms with van der Waals surface area (Å²) >= 11 is 2.18. The fourth-order valence-corrected chi connectivity index (χ4v) is 8.40. The van der Waals surface area contributed by atoms with Crippen molar-refractivity contribution in [3.63, 3.8) is 0 Å². The van der Waals surface area contributed by atoms with E-state index in [9.17, 15) is 29.3 Å². The van der Waals surface area contributed by atoms with E-state index in [2.05, 4.69) is 0 Å². The zero-order valence-electron chi connectivity index (χ0n) is 20.7. The Morgan fingerprint density at radius 2 is 1.64 bits per heavy atom. The van der Waals surface area contributed by atoms with Gasteiger partial charge in [0.05, 0.1) is 21.6 Å². The van der Waals surface area contributed by atoms with Crippen LogP contribution in [0.15, 0.2) is 64.4 Å². The lowest BCUT2D eigenvalue weighted by Gasteiger charge is -2.31. The SMILES string of the molecule is O=C(Cn1c2c(sc1=O)[C@@H](c1ccccc1)C1C(=O)N(c3ccc([N+](=O)[O-])cc3)C(=O)C1S2)N1CCCCC1. The van der Waals surface area contributed by atoms with Crippen LogP contribution in [0, 0.1) is 16.0 Å². The predicted octanol–water partition coefficient (Wildman–Crippen LogP) is 3.63. The Hall–Kier alpha value is -3.77. The number of thioether (sulfide) groups is 1. The van der Waals surface area contributed by atoms with Gasteiger partial charge in [-0.25, -0.2) is 4.90 Å². The third-order valence-electron chi connectivity index (χ3n) is 7.53. The van der Waals surface area contributed by atoms with Gasteiger partial charge in [-0.05, 0) is 37.0 Å². The number of carbonyl (C=O) groups is 3. The molecule has 4 heterocycles. The van der Waals surface area contributed by atoms with Crippen LogP contribution in [0.3, 0.4) is 0 Å². The monoisotopic (exact) mass is 564 g/mol. The van der Waals surface area contributed by atoms with E-state index in [0.29, 0.717) is 23.0 Å². The first kappa shape index (κ1) is 25.5. The summed E-state index contributed by atoms with van der Waals surface area (Å²) in [6, 6.07) is 14.6. The van der Waals surface area contributed by atoms with Gasteiger partial charge in [-0.2, -0.15) is 0 Å². The standard InChI is InChI=1S/C27H24N4O6S2/c32-19(28-13-5-2-6-14-28)15-29-26-23(39-27(29)35)20(16-7-3-1-4-8-16)21-22(38-26)25(34)30(24(21)33)17-9-11-18(12-10-17)31(36)37/h1,3-4,7-12,20-22H,2,5-6,13-15H2/t20-,21?,22?/m0/s1. The molecule has 2 aromatic carbocycles. The number of fused-ring (bicyclic) bond motifs is 2. The number of anilines is 1. The number of aromatic nitrogens is 1. The number of hydrogen-bond donors (Lipinski definition) is 0. The maximum Gasteiger partial charge on any atom is 0.308 e. The van der Waals surface area contributed by atoms with Crippen LogP contribution in [-0.2, 0) is 20.9 Å². The summed E-state index contributed by atoms with van der Waals surface area (Å²) in [5.41, 5.74) is 0.923. The van der Waals surface area contributed by atoms with E-state index in [0.717, 1.165) is 52.8 Å². The molecule has 0 spiro atoms. The highest BCUT2D eigenvalue weighted by molar-refractivity contribution is 8.00. The molecule has 0 N–H and O–H groups in total. The lowest BCUT2D eigenvalue weighted by Crippen LogP contribution is -2.39. The topological polar surface area (TPSA) is 123 Å². The Bertz CT molecular complexity index is 1530. The van der Waals surface area contributed by atoms with Crippen molar-refractivity contribution in [3.8, 4) is 0 Å². The van der Waals surface area contributed by atoms with Crippen molar-refractivity contribution in [2.45, 2.75) is 42.0 Å². The van der Waals surface area contributed by atoms with Gasteiger partial charge < -0.3 is 4.90 Å². The Kier molecular flexibility index (Phi) is 6.59. The second-order valence-electron chi connectivity index (χ2n) is 9.80. The minimum atomic E-state index is -0.810. The molecule has 0 aliphatic carbocycles. The van der Waals surface area contributed by atoms with Crippen LogP contribution in [0.2, 0.25) is 0 Å². The number of imide groups is 1. The molecule has 0 saturated carbocycles. The van der Waals surface area contributed by atoms with Gasteiger partial charge in [0.2, 0.25) is 17.7 Å². The summed E-state index contributed by atoms with van der Waals surface area (Å²) < 4.78 is 1.46. The van der Waals surface area contributed by atoms with Crippen LogP contribution >= 0.6 is 23.1 Å². The van der Waals surface area contributed by atoms with Crippen LogP contribution in [0.1, 0.15) is 35.6 Å². The lowest BCUT2D eigenvalue weighted by atomic mass is 9.83. The number of benzene rings is 2. The highest BCUT2D eigenvalue weighted by Gasteiger charge is 2.56. The summed E-state index contributed by atoms with van der Waals surface area (Å²) in [4.78, 5) is 67.7. The number of carbonyl (C=O) groups excluding carboxylic acids is 3. The maximum absolute atomic E-state index is 13.9. The number of hydrogen-bond acceptors (Lipinski definition) is 8. The Morgan fingerprint density at radius 3 is 2.31 bits per heavy atom. The average Bonchev–Trinajstić information content (AvgIpc) is 3.40. The van der Waals surface area contributed by atoms with Crippen LogP contribution in [0.5, 0.6) is 0 Å². The van der Waals surface area contributed by atoms with Gasteiger partial charge in [0.15, 0.2) is 0 Å². The zero-order chi connectivity index (χ0) is 27.3. The number of nitro groups is 1. The highest BCUT2D eigenvalue weighted by atomic mass is 32.2. The minimum Gasteiger partial charge on any atom is -0.341 e. The number of nitrogens with zero attached hydrogens (tertiary/aromatic N) is 4. The molecular formula is C27H24N4O6S2. The molecule has 12 heteroatoms. The molecule has 3 amide bonds. The number of nitro benzene ring substituents is 1. The zero-order valence-corrected chi connectivity index (χ0v) is 22.4. The normalized spacial score (nSPS) is 22.5. The largest absolute Gasteiger partial charge is 0.341 e. The molecule has 0 radical (unpaired) electrons. The van der Waals surface area contributed by atoms with E-state index < -0.39 is 33.8 Å². The smallest absolute Gasteiger partial charge is 0.308 e. The minimum absolute atomic E-state index is 0.106. The first-order valence-electron chi connectivity index (χ1n) is 12.7. The van der Waals surface area contributed by atoms with E-state index in [-0.39, 0.29) is 28.7 Å². The van der Waals surface area contributed by atoms with Crippen molar-refractivity contribution >= 4 is 52.2 Å². The average molecular weight is 565 g/mol. The van der Waals surface area contributed by atoms with E-state index in [1.54, 1.807) is 4.90 Å². The van der Waals surface area contributed by atoms with E-state index in [1.165, 1.54) is 28.8 Å². The third-order valence-corrected chi connectivity index (χ3v) is 10.1. The number of piperidine rings is 1. The van der Waals surface area contributed by atoms with E-state index >= 15 is 0 Å². The molecular weight excluding hydrogens is 540 g/mol. The van der Waals surface area contributed by atoms with Crippen LogP contribution in [0.4, 0.5) is 11.4 Å². The number of non-ortho nitro benzene ring substituents is 1. The molecule has 10 nitrogen and oxygen atoms in total. The van der Waals surface area contributed by atoms with Crippen LogP contribution in [0.25, 0.3) is 0 Å². The molecule has 2 saturated heterocycles. The first-order chi connectivity index (χ1) is 18.8. The molecule has 0 bridgehead atoms. The van der Waals surface area contributed by atoms with Gasteiger partial charge in [0, 0.05) is 36.0 Å². The van der Waals surface area contributed by atoms with E-state index in [1.807, 2.05) is 30.3 Å². The van der Waals surface area contributed by atoms with Gasteiger partial charge in [0.1, 0.15) is 11.8 Å². The molecule has 1 aromatic heterocycles. The summed E-state index contributed by atoms with van der Waals surface area (Å²) in [6.07, 6.45) is 2.95. The summed E-state index contributed by atoms with van der Waals surface area (Å²) in [7, 11) is 0. The molecule has 6 rings (SSSR count). The van der Waals surface area contributed by atoms with Crippen LogP contribution < -0.4 is 9.77 Å². The Labute approximate surface area is 231 Å². The number of thiazole rings is 1. The quantitative estimate of drug-likeness (QED) is 0.263. The fraction of sp³-hybridized carbons (Fsp3) is 0.333. The van der Waals surface area contributed by atoms with Crippen molar-refractivity contribution in [2.75, 3.05) is 18.0 Å². The van der Waals surface area contributed by atoms with Gasteiger partial charge in [-0.3, -0.25) is 33.9 Å². The summed E-state index contributed by atoms with van der Waals surface area (Å²) in [6.45, 7) is 1.23. The number of rotatable bonds is 5. The lowest BCUT2D eigenvalue weighted by molar-refractivity contribution is -0.384. The molecule has 3 aromatic rings. The predicted molar refractivity (Wildman–Crippen MR) is 146 cm³/mol. The number of amides is 3. The second-order valence-corrected chi connectivity index (χ2v) is 11.9. The Morgan fingerprint density at radius 1 is 0.949 bits per heavy atom. The van der Waals surface area contributed by atoms with Gasteiger partial charge in [-0.15, -0.1) is 0 Å². The molecule has 3 aliphatic heterocycles. The van der Waals surface area contributed by atoms with Crippen molar-refractivity contribution in [2.24, 2.45) is 5.92 Å². The fourth-order valence-electron chi connectivity index (χ4n) is 5.63. The molecule has 3 aliphatic rings. The van der Waals surface area contributed by atoms with Crippen molar-refractivity contribution in [3.05, 3.63) is 84.8 Å². The van der Waals surface area contributed by atoms with Crippen molar-refractivity contribution < 1.29 is 19.3 Å². The second kappa shape index (κ2) is 10.1. The summed E-state index contributed by atoms with van der Waals surface area (Å²) in [5.74, 6) is -2.30.